The highest BCUT2D eigenvalue weighted by Crippen LogP contribution is 2.19. The number of nitrogens with one attached hydrogen (secondary N) is 3. The molecule has 11 nitrogen and oxygen atoms in total. The Morgan fingerprint density at radius 1 is 1.02 bits per heavy atom. The molecule has 242 valence electrons. The predicted molar refractivity (Wildman–Crippen MR) is 177 cm³/mol. The summed E-state index contributed by atoms with van der Waals surface area (Å²) in [6, 6.07) is 14.0. The van der Waals surface area contributed by atoms with Crippen LogP contribution in [0.5, 0.6) is 0 Å². The Labute approximate surface area is 273 Å². The van der Waals surface area contributed by atoms with E-state index in [2.05, 4.69) is 20.9 Å². The first-order valence-electron chi connectivity index (χ1n) is 14.8. The number of amides is 4. The van der Waals surface area contributed by atoms with Crippen molar-refractivity contribution < 1.29 is 24.3 Å². The molecular weight excluding hydrogens is 604 g/mol. The fourth-order valence-corrected chi connectivity index (χ4v) is 5.17. The molecule has 0 bridgehead atoms. The minimum atomic E-state index is -1.35. The Balaban J connectivity index is 1.85. The fraction of sp³-hybridized carbons (Fsp3) is 0.353. The summed E-state index contributed by atoms with van der Waals surface area (Å²) >= 11 is 1.15. The lowest BCUT2D eigenvalue weighted by molar-refractivity contribution is -0.131. The molecular formula is C34H40N6O5S. The Bertz CT molecular complexity index is 1620. The summed E-state index contributed by atoms with van der Waals surface area (Å²) in [6.45, 7) is 9.03. The molecule has 0 saturated heterocycles. The van der Waals surface area contributed by atoms with E-state index in [9.17, 15) is 29.5 Å². The van der Waals surface area contributed by atoms with Crippen molar-refractivity contribution in [1.29, 1.82) is 5.26 Å². The number of allylic oxidation sites excluding steroid dienone is 1. The van der Waals surface area contributed by atoms with Gasteiger partial charge in [-0.2, -0.15) is 5.26 Å². The third-order valence-electron chi connectivity index (χ3n) is 7.01. The van der Waals surface area contributed by atoms with Gasteiger partial charge in [-0.15, -0.1) is 11.3 Å². The average Bonchev–Trinajstić information content (AvgIpc) is 3.47. The van der Waals surface area contributed by atoms with E-state index in [1.54, 1.807) is 44.3 Å². The number of carbonyl (C=O) groups is 4. The zero-order valence-corrected chi connectivity index (χ0v) is 27.6. The number of aromatic nitrogens is 1. The van der Waals surface area contributed by atoms with Gasteiger partial charge < -0.3 is 26.0 Å². The van der Waals surface area contributed by atoms with Gasteiger partial charge >= 0.3 is 0 Å². The van der Waals surface area contributed by atoms with Crippen LogP contribution in [0.25, 0.3) is 0 Å². The molecule has 3 aromatic rings. The first-order chi connectivity index (χ1) is 21.8. The van der Waals surface area contributed by atoms with Gasteiger partial charge in [0.1, 0.15) is 28.6 Å². The highest BCUT2D eigenvalue weighted by Gasteiger charge is 2.31. The van der Waals surface area contributed by atoms with Crippen LogP contribution in [0.4, 0.5) is 5.69 Å². The number of benzene rings is 2. The van der Waals surface area contributed by atoms with Crippen molar-refractivity contribution in [2.45, 2.75) is 65.8 Å². The second-order valence-corrected chi connectivity index (χ2v) is 12.6. The number of carbonyl (C=O) groups excluding carboxylic acids is 4. The Hall–Kier alpha value is -4.86. The monoisotopic (exact) mass is 644 g/mol. The van der Waals surface area contributed by atoms with Crippen molar-refractivity contribution in [2.24, 2.45) is 5.92 Å². The largest absolute Gasteiger partial charge is 0.391 e. The topological polar surface area (TPSA) is 165 Å². The smallest absolute Gasteiger partial charge is 0.268 e. The number of aliphatic hydroxyl groups is 1. The fourth-order valence-electron chi connectivity index (χ4n) is 4.49. The lowest BCUT2D eigenvalue weighted by atomic mass is 10.0. The van der Waals surface area contributed by atoms with Gasteiger partial charge in [0.25, 0.3) is 11.8 Å². The summed E-state index contributed by atoms with van der Waals surface area (Å²) in [5.74, 6) is -2.27. The normalized spacial score (nSPS) is 13.2. The van der Waals surface area contributed by atoms with Crippen LogP contribution in [-0.4, -0.2) is 59.0 Å². The molecule has 1 heterocycles. The summed E-state index contributed by atoms with van der Waals surface area (Å²) in [4.78, 5) is 58.5. The number of anilines is 1. The number of likely N-dealkylation sites (N-methyl/N-ethyl adjacent to an activating group) is 1. The van der Waals surface area contributed by atoms with E-state index in [0.29, 0.717) is 16.3 Å². The first kappa shape index (κ1) is 35.6. The molecule has 3 atom stereocenters. The van der Waals surface area contributed by atoms with Gasteiger partial charge in [-0.25, -0.2) is 4.98 Å². The summed E-state index contributed by atoms with van der Waals surface area (Å²) in [6.07, 6.45) is 1.74. The van der Waals surface area contributed by atoms with Crippen LogP contribution in [0.3, 0.4) is 0 Å². The molecule has 0 fully saturated rings. The van der Waals surface area contributed by atoms with Gasteiger partial charge in [0.05, 0.1) is 17.3 Å². The van der Waals surface area contributed by atoms with Gasteiger partial charge in [-0.05, 0) is 49.9 Å². The molecule has 0 aliphatic rings. The maximum absolute atomic E-state index is 13.5. The van der Waals surface area contributed by atoms with Gasteiger partial charge in [0.15, 0.2) is 0 Å². The second-order valence-electron chi connectivity index (χ2n) is 11.4. The van der Waals surface area contributed by atoms with Crippen LogP contribution < -0.4 is 20.9 Å². The Morgan fingerprint density at radius 2 is 1.72 bits per heavy atom. The molecule has 0 aliphatic carbocycles. The van der Waals surface area contributed by atoms with Gasteiger partial charge in [-0.3, -0.25) is 19.2 Å². The van der Waals surface area contributed by atoms with Crippen molar-refractivity contribution >= 4 is 40.7 Å². The van der Waals surface area contributed by atoms with Crippen LogP contribution >= 0.6 is 11.3 Å². The summed E-state index contributed by atoms with van der Waals surface area (Å²) in [5, 5.41) is 28.7. The summed E-state index contributed by atoms with van der Waals surface area (Å²) in [5.41, 5.74) is 3.07. The van der Waals surface area contributed by atoms with Crippen molar-refractivity contribution in [3.8, 4) is 6.07 Å². The lowest BCUT2D eigenvalue weighted by Gasteiger charge is -2.25. The third kappa shape index (κ3) is 10.1. The van der Waals surface area contributed by atoms with Crippen LogP contribution in [0.2, 0.25) is 0 Å². The molecule has 12 heteroatoms. The van der Waals surface area contributed by atoms with Gasteiger partial charge in [0, 0.05) is 25.7 Å². The van der Waals surface area contributed by atoms with E-state index in [4.69, 9.17) is 0 Å². The van der Waals surface area contributed by atoms with Crippen molar-refractivity contribution in [3.05, 3.63) is 93.0 Å². The molecule has 0 saturated carbocycles. The number of nitriles is 1. The van der Waals surface area contributed by atoms with E-state index >= 15 is 0 Å². The molecule has 4 N–H and O–H groups in total. The van der Waals surface area contributed by atoms with Gasteiger partial charge in [-0.1, -0.05) is 61.9 Å². The van der Waals surface area contributed by atoms with E-state index in [-0.39, 0.29) is 29.3 Å². The molecule has 0 radical (unpaired) electrons. The average molecular weight is 645 g/mol. The zero-order chi connectivity index (χ0) is 34.0. The number of hydrogen-bond donors (Lipinski definition) is 4. The van der Waals surface area contributed by atoms with E-state index in [0.717, 1.165) is 22.5 Å². The maximum Gasteiger partial charge on any atom is 0.268 e. The number of aliphatic hydroxyl groups excluding tert-OH is 1. The van der Waals surface area contributed by atoms with Gasteiger partial charge in [0.2, 0.25) is 11.8 Å². The molecule has 0 aliphatic heterocycles. The quantitative estimate of drug-likeness (QED) is 0.164. The molecule has 1 unspecified atom stereocenters. The molecule has 2 aromatic carbocycles. The lowest BCUT2D eigenvalue weighted by Crippen LogP contribution is -2.57. The number of hydrogen-bond acceptors (Lipinski definition) is 8. The second kappa shape index (κ2) is 16.5. The highest BCUT2D eigenvalue weighted by atomic mass is 32.1. The summed E-state index contributed by atoms with van der Waals surface area (Å²) in [7, 11) is 1.56. The highest BCUT2D eigenvalue weighted by molar-refractivity contribution is 7.13. The number of aryl methyl sites for hydroxylation is 2. The van der Waals surface area contributed by atoms with Crippen molar-refractivity contribution in [2.75, 3.05) is 11.9 Å². The van der Waals surface area contributed by atoms with E-state index < -0.39 is 41.8 Å². The van der Waals surface area contributed by atoms with Crippen LogP contribution in [-0.2, 0) is 27.3 Å². The molecule has 4 amide bonds. The van der Waals surface area contributed by atoms with Crippen LogP contribution in [0.15, 0.2) is 66.4 Å². The Kier molecular flexibility index (Phi) is 12.7. The predicted octanol–water partition coefficient (Wildman–Crippen LogP) is 3.35. The molecule has 1 aromatic heterocycles. The van der Waals surface area contributed by atoms with E-state index in [1.807, 2.05) is 51.1 Å². The third-order valence-corrected chi connectivity index (χ3v) is 7.92. The molecule has 0 spiro atoms. The minimum absolute atomic E-state index is 0.00229. The molecule has 46 heavy (non-hydrogen) atoms. The summed E-state index contributed by atoms with van der Waals surface area (Å²) < 4.78 is 0. The molecule has 3 rings (SSSR count). The zero-order valence-electron chi connectivity index (χ0n) is 26.8. The van der Waals surface area contributed by atoms with Crippen molar-refractivity contribution in [1.82, 2.24) is 20.9 Å². The number of thiazole rings is 1. The standard InChI is InChI=1S/C34H40N6O5S/c1-20(2)14-26(17-35)34(45)40(6)27-9-7-8-25(15-27)16-28(31(42)37-18-24-12-10-21(3)11-13-24)38-33(44)30(22(4)41)39-32(43)29-19-36-23(5)46-29/h7-15,19-20,22,28,30,41H,16,18H2,1-6H3,(H,37,42)(H,38,44)(H,39,43)/t22-,28?,30+/m1/s1. The number of nitrogens with zero attached hydrogens (tertiary/aromatic N) is 3. The van der Waals surface area contributed by atoms with Crippen molar-refractivity contribution in [3.63, 3.8) is 0 Å². The number of rotatable bonds is 13. The Morgan fingerprint density at radius 3 is 2.30 bits per heavy atom. The first-order valence-corrected chi connectivity index (χ1v) is 15.6. The maximum atomic E-state index is 13.5. The minimum Gasteiger partial charge on any atom is -0.391 e. The van der Waals surface area contributed by atoms with Crippen LogP contribution in [0.1, 0.15) is 52.1 Å². The van der Waals surface area contributed by atoms with Crippen LogP contribution in [0, 0.1) is 31.1 Å². The van der Waals surface area contributed by atoms with E-state index in [1.165, 1.54) is 18.0 Å². The SMILES string of the molecule is Cc1ccc(CNC(=O)C(Cc2cccc(N(C)C(=O)C(C#N)=CC(C)C)c2)NC(=O)[C@@H](NC(=O)c2cnc(C)s2)[C@@H](C)O)cc1.